The van der Waals surface area contributed by atoms with Gasteiger partial charge in [0.25, 0.3) is 0 Å². The van der Waals surface area contributed by atoms with E-state index >= 15 is 0 Å². The van der Waals surface area contributed by atoms with Gasteiger partial charge in [-0.25, -0.2) is 0 Å². The molecule has 0 aliphatic heterocycles. The molecular weight excluding hydrogens is 239 g/mol. The van der Waals surface area contributed by atoms with E-state index in [1.54, 1.807) is 6.07 Å². The first-order chi connectivity index (χ1) is 7.58. The molecule has 81 valence electrons. The van der Waals surface area contributed by atoms with Gasteiger partial charge in [-0.1, -0.05) is 64.7 Å². The second-order valence-electron chi connectivity index (χ2n) is 3.90. The van der Waals surface area contributed by atoms with E-state index in [2.05, 4.69) is 38.1 Å². The molecule has 2 aromatic rings. The van der Waals surface area contributed by atoms with Crippen molar-refractivity contribution in [1.82, 2.24) is 0 Å². The van der Waals surface area contributed by atoms with Gasteiger partial charge in [0.05, 0.1) is 10.0 Å². The van der Waals surface area contributed by atoms with Crippen molar-refractivity contribution < 1.29 is 0 Å². The van der Waals surface area contributed by atoms with Crippen LogP contribution in [0.3, 0.4) is 0 Å². The van der Waals surface area contributed by atoms with Gasteiger partial charge < -0.3 is 0 Å². The molecule has 0 heterocycles. The number of halogens is 2. The molecule has 0 aromatic heterocycles. The third-order valence-electron chi connectivity index (χ3n) is 2.42. The van der Waals surface area contributed by atoms with Crippen LogP contribution >= 0.6 is 23.2 Å². The van der Waals surface area contributed by atoms with Gasteiger partial charge in [0.2, 0.25) is 0 Å². The van der Waals surface area contributed by atoms with Crippen molar-refractivity contribution in [3.8, 4) is 11.1 Å². The van der Waals surface area contributed by atoms with Crippen molar-refractivity contribution in [1.29, 1.82) is 0 Å². The number of rotatable bonds is 1. The van der Waals surface area contributed by atoms with Crippen LogP contribution in [0.5, 0.6) is 0 Å². The van der Waals surface area contributed by atoms with Crippen molar-refractivity contribution >= 4 is 23.2 Å². The van der Waals surface area contributed by atoms with Crippen LogP contribution < -0.4 is 0 Å². The normalized spacial score (nSPS) is 10.5. The van der Waals surface area contributed by atoms with Crippen LogP contribution in [0.1, 0.15) is 11.1 Å². The first kappa shape index (κ1) is 11.5. The lowest BCUT2D eigenvalue weighted by molar-refractivity contribution is 1.38. The number of aryl methyl sites for hydroxylation is 2. The monoisotopic (exact) mass is 249 g/mol. The Labute approximate surface area is 106 Å². The van der Waals surface area contributed by atoms with Crippen LogP contribution in [0, 0.1) is 19.9 Å². The van der Waals surface area contributed by atoms with Crippen LogP contribution in [-0.4, -0.2) is 0 Å². The lowest BCUT2D eigenvalue weighted by atomic mass is 10.0. The van der Waals surface area contributed by atoms with E-state index in [0.29, 0.717) is 10.0 Å². The fourth-order valence-corrected chi connectivity index (χ4v) is 2.20. The van der Waals surface area contributed by atoms with Gasteiger partial charge in [-0.2, -0.15) is 0 Å². The summed E-state index contributed by atoms with van der Waals surface area (Å²) in [5.74, 6) is 0. The summed E-state index contributed by atoms with van der Waals surface area (Å²) < 4.78 is 0. The maximum Gasteiger partial charge on any atom is 0.0677 e. The van der Waals surface area contributed by atoms with Gasteiger partial charge in [0, 0.05) is 11.6 Å². The Morgan fingerprint density at radius 2 is 1.62 bits per heavy atom. The molecule has 0 fully saturated rings. The molecule has 0 bridgehead atoms. The zero-order chi connectivity index (χ0) is 11.7. The smallest absolute Gasteiger partial charge is 0.0677 e. The van der Waals surface area contributed by atoms with Gasteiger partial charge >= 0.3 is 0 Å². The van der Waals surface area contributed by atoms with Crippen molar-refractivity contribution in [2.24, 2.45) is 0 Å². The first-order valence-electron chi connectivity index (χ1n) is 5.02. The van der Waals surface area contributed by atoms with Gasteiger partial charge in [0.15, 0.2) is 0 Å². The minimum absolute atomic E-state index is 0.471. The highest BCUT2D eigenvalue weighted by Gasteiger charge is 2.07. The second-order valence-corrected chi connectivity index (χ2v) is 4.65. The predicted molar refractivity (Wildman–Crippen MR) is 70.2 cm³/mol. The average Bonchev–Trinajstić information content (AvgIpc) is 2.20. The lowest BCUT2D eigenvalue weighted by Crippen LogP contribution is -1.84. The number of hydrogen-bond acceptors (Lipinski definition) is 0. The second kappa shape index (κ2) is 4.48. The predicted octanol–water partition coefficient (Wildman–Crippen LogP) is 5.08. The maximum absolute atomic E-state index is 6.17. The minimum Gasteiger partial charge on any atom is -0.0820 e. The molecule has 0 spiro atoms. The maximum atomic E-state index is 6.17. The topological polar surface area (TPSA) is 0 Å². The third kappa shape index (κ3) is 2.23. The van der Waals surface area contributed by atoms with Crippen LogP contribution in [0.25, 0.3) is 11.1 Å². The fourth-order valence-electron chi connectivity index (χ4n) is 1.81. The molecule has 2 aromatic carbocycles. The highest BCUT2D eigenvalue weighted by atomic mass is 35.5. The summed E-state index contributed by atoms with van der Waals surface area (Å²) in [7, 11) is 0. The van der Waals surface area contributed by atoms with E-state index in [1.165, 1.54) is 11.1 Å². The Hall–Kier alpha value is -0.980. The molecule has 0 atom stereocenters. The lowest BCUT2D eigenvalue weighted by Gasteiger charge is -2.08. The van der Waals surface area contributed by atoms with Crippen LogP contribution in [0.4, 0.5) is 0 Å². The number of hydrogen-bond donors (Lipinski definition) is 0. The Kier molecular flexibility index (Phi) is 3.22. The highest BCUT2D eigenvalue weighted by molar-refractivity contribution is 6.43. The molecule has 2 heteroatoms. The third-order valence-corrected chi connectivity index (χ3v) is 3.21. The Morgan fingerprint density at radius 3 is 2.25 bits per heavy atom. The molecule has 2 rings (SSSR count). The summed E-state index contributed by atoms with van der Waals surface area (Å²) in [5, 5.41) is 1.03. The Balaban J connectivity index is 2.63. The summed E-state index contributed by atoms with van der Waals surface area (Å²) in [5.41, 5.74) is 4.49. The molecule has 0 nitrogen and oxygen atoms in total. The summed E-state index contributed by atoms with van der Waals surface area (Å²) in [6.07, 6.45) is 0. The summed E-state index contributed by atoms with van der Waals surface area (Å²) in [6.45, 7) is 4.14. The van der Waals surface area contributed by atoms with Gasteiger partial charge in [-0.15, -0.1) is 0 Å². The van der Waals surface area contributed by atoms with Gasteiger partial charge in [0.1, 0.15) is 0 Å². The first-order valence-corrected chi connectivity index (χ1v) is 5.78. The zero-order valence-electron chi connectivity index (χ0n) is 9.14. The Bertz CT molecular complexity index is 510. The van der Waals surface area contributed by atoms with Crippen LogP contribution in [-0.2, 0) is 0 Å². The van der Waals surface area contributed by atoms with Crippen molar-refractivity contribution in [2.45, 2.75) is 13.8 Å². The molecule has 0 aliphatic rings. The fraction of sp³-hybridized carbons (Fsp3) is 0.143. The van der Waals surface area contributed by atoms with E-state index in [-0.39, 0.29) is 0 Å². The molecular formula is C14H11Cl2. The summed E-state index contributed by atoms with van der Waals surface area (Å²) in [4.78, 5) is 0. The molecule has 0 amide bonds. The van der Waals surface area contributed by atoms with Crippen molar-refractivity contribution in [2.75, 3.05) is 0 Å². The Morgan fingerprint density at radius 1 is 1.00 bits per heavy atom. The quantitative estimate of drug-likeness (QED) is 0.662. The van der Waals surface area contributed by atoms with E-state index < -0.39 is 0 Å². The van der Waals surface area contributed by atoms with E-state index in [0.717, 1.165) is 11.1 Å². The van der Waals surface area contributed by atoms with E-state index in [4.69, 9.17) is 23.2 Å². The molecule has 0 unspecified atom stereocenters. The van der Waals surface area contributed by atoms with Crippen molar-refractivity contribution in [3.05, 3.63) is 57.6 Å². The molecule has 0 saturated carbocycles. The van der Waals surface area contributed by atoms with Gasteiger partial charge in [-0.05, 0) is 19.4 Å². The standard InChI is InChI=1S/C14H11Cl2/c1-9-6-10(2)8-11(7-9)12-4-3-5-13(15)14(12)16/h3-4,6-8H,1-2H3. The molecule has 1 radical (unpaired) electrons. The number of benzene rings is 2. The van der Waals surface area contributed by atoms with Crippen LogP contribution in [0.15, 0.2) is 30.3 Å². The largest absolute Gasteiger partial charge is 0.0820 e. The minimum atomic E-state index is 0.471. The molecule has 0 aliphatic carbocycles. The van der Waals surface area contributed by atoms with Crippen LogP contribution in [0.2, 0.25) is 10.0 Å². The van der Waals surface area contributed by atoms with Gasteiger partial charge in [-0.3, -0.25) is 0 Å². The zero-order valence-corrected chi connectivity index (χ0v) is 10.7. The molecule has 16 heavy (non-hydrogen) atoms. The van der Waals surface area contributed by atoms with E-state index in [1.807, 2.05) is 6.07 Å². The van der Waals surface area contributed by atoms with Crippen molar-refractivity contribution in [3.63, 3.8) is 0 Å². The molecule has 0 saturated heterocycles. The summed E-state index contributed by atoms with van der Waals surface area (Å²) >= 11 is 12.1. The average molecular weight is 250 g/mol. The summed E-state index contributed by atoms with van der Waals surface area (Å²) in [6, 6.07) is 12.9. The van der Waals surface area contributed by atoms with E-state index in [9.17, 15) is 0 Å². The highest BCUT2D eigenvalue weighted by Crippen LogP contribution is 2.33. The molecule has 0 N–H and O–H groups in total. The SMILES string of the molecule is Cc1cc(C)cc(-c2cc[c]c(Cl)c2Cl)c1.